The zero-order valence-corrected chi connectivity index (χ0v) is 8.54. The van der Waals surface area contributed by atoms with Gasteiger partial charge in [0.1, 0.15) is 0 Å². The molecule has 0 aliphatic carbocycles. The molecule has 0 bridgehead atoms. The second kappa shape index (κ2) is 7.86. The van der Waals surface area contributed by atoms with Crippen LogP contribution in [0.4, 0.5) is 4.79 Å². The molecule has 0 aromatic heterocycles. The summed E-state index contributed by atoms with van der Waals surface area (Å²) in [7, 11) is 0. The van der Waals surface area contributed by atoms with E-state index in [1.807, 2.05) is 13.8 Å². The molecule has 1 atom stereocenters. The first-order chi connectivity index (χ1) is 6.20. The first kappa shape index (κ1) is 12.2. The summed E-state index contributed by atoms with van der Waals surface area (Å²) in [5.41, 5.74) is 0. The molecule has 13 heavy (non-hydrogen) atoms. The molecule has 0 heterocycles. The van der Waals surface area contributed by atoms with Crippen molar-refractivity contribution in [3.63, 3.8) is 0 Å². The van der Waals surface area contributed by atoms with Crippen LogP contribution in [0.5, 0.6) is 0 Å². The van der Waals surface area contributed by atoms with Gasteiger partial charge in [0.15, 0.2) is 0 Å². The molecule has 0 radical (unpaired) electrons. The number of ether oxygens (including phenoxy) is 3. The summed E-state index contributed by atoms with van der Waals surface area (Å²) in [4.78, 5) is 10.9. The summed E-state index contributed by atoms with van der Waals surface area (Å²) in [5, 5.41) is 0. The van der Waals surface area contributed by atoms with Gasteiger partial charge in [-0.25, -0.2) is 4.79 Å². The Morgan fingerprint density at radius 1 is 1.38 bits per heavy atom. The lowest BCUT2D eigenvalue weighted by atomic mass is 10.4. The fourth-order valence-electron chi connectivity index (χ4n) is 0.738. The van der Waals surface area contributed by atoms with Gasteiger partial charge in [0.25, 0.3) is 0 Å². The lowest BCUT2D eigenvalue weighted by Gasteiger charge is -2.12. The lowest BCUT2D eigenvalue weighted by molar-refractivity contribution is -0.107. The molecule has 0 rings (SSSR count). The van der Waals surface area contributed by atoms with E-state index in [0.717, 1.165) is 12.8 Å². The lowest BCUT2D eigenvalue weighted by Crippen LogP contribution is -2.19. The minimum Gasteiger partial charge on any atom is -0.434 e. The van der Waals surface area contributed by atoms with Crippen LogP contribution in [0.2, 0.25) is 0 Å². The second-order valence-electron chi connectivity index (χ2n) is 2.59. The average molecular weight is 190 g/mol. The highest BCUT2D eigenvalue weighted by atomic mass is 16.8. The maximum absolute atomic E-state index is 10.9. The van der Waals surface area contributed by atoms with Crippen molar-refractivity contribution in [3.8, 4) is 0 Å². The van der Waals surface area contributed by atoms with E-state index in [2.05, 4.69) is 0 Å². The number of hydrogen-bond donors (Lipinski definition) is 0. The van der Waals surface area contributed by atoms with E-state index in [1.54, 1.807) is 6.92 Å². The Hall–Kier alpha value is -0.770. The number of rotatable bonds is 6. The minimum absolute atomic E-state index is 0.411. The van der Waals surface area contributed by atoms with E-state index >= 15 is 0 Å². The highest BCUT2D eigenvalue weighted by Gasteiger charge is 2.09. The molecule has 0 saturated carbocycles. The molecule has 0 aromatic carbocycles. The maximum Gasteiger partial charge on any atom is 0.510 e. The highest BCUT2D eigenvalue weighted by molar-refractivity contribution is 5.59. The summed E-state index contributed by atoms with van der Waals surface area (Å²) in [6, 6.07) is 0. The van der Waals surface area contributed by atoms with E-state index in [0.29, 0.717) is 13.2 Å². The van der Waals surface area contributed by atoms with Gasteiger partial charge in [0, 0.05) is 6.61 Å². The molecule has 4 heteroatoms. The topological polar surface area (TPSA) is 44.8 Å². The van der Waals surface area contributed by atoms with Gasteiger partial charge in [-0.1, -0.05) is 13.3 Å². The fourth-order valence-corrected chi connectivity index (χ4v) is 0.738. The summed E-state index contributed by atoms with van der Waals surface area (Å²) in [5.74, 6) is 0. The number of hydrogen-bond acceptors (Lipinski definition) is 4. The van der Waals surface area contributed by atoms with Crippen LogP contribution < -0.4 is 0 Å². The zero-order valence-electron chi connectivity index (χ0n) is 8.54. The van der Waals surface area contributed by atoms with E-state index in [4.69, 9.17) is 14.2 Å². The predicted molar refractivity (Wildman–Crippen MR) is 48.4 cm³/mol. The molecule has 78 valence electrons. The minimum atomic E-state index is -0.658. The van der Waals surface area contributed by atoms with Gasteiger partial charge >= 0.3 is 6.16 Å². The quantitative estimate of drug-likeness (QED) is 0.366. The predicted octanol–water partition coefficient (Wildman–Crippen LogP) is 2.32. The maximum atomic E-state index is 10.9. The zero-order chi connectivity index (χ0) is 10.1. The Morgan fingerprint density at radius 3 is 2.62 bits per heavy atom. The third-order valence-electron chi connectivity index (χ3n) is 1.38. The molecule has 0 fully saturated rings. The first-order valence-electron chi connectivity index (χ1n) is 4.65. The van der Waals surface area contributed by atoms with Crippen LogP contribution in [0, 0.1) is 0 Å². The van der Waals surface area contributed by atoms with Gasteiger partial charge in [0.05, 0.1) is 6.61 Å². The van der Waals surface area contributed by atoms with E-state index in [9.17, 15) is 4.79 Å². The number of unbranched alkanes of at least 4 members (excludes halogenated alkanes) is 1. The van der Waals surface area contributed by atoms with Gasteiger partial charge in [-0.2, -0.15) is 0 Å². The van der Waals surface area contributed by atoms with Crippen LogP contribution in [0.3, 0.4) is 0 Å². The number of carbonyl (C=O) groups is 1. The molecule has 0 aliphatic rings. The Labute approximate surface area is 79.2 Å². The van der Waals surface area contributed by atoms with E-state index in [1.165, 1.54) is 0 Å². The molecule has 0 N–H and O–H groups in total. The molecule has 1 unspecified atom stereocenters. The highest BCUT2D eigenvalue weighted by Crippen LogP contribution is 1.97. The van der Waals surface area contributed by atoms with Crippen LogP contribution in [-0.2, 0) is 14.2 Å². The molecular weight excluding hydrogens is 172 g/mol. The molecular formula is C9H18O4. The van der Waals surface area contributed by atoms with Crippen molar-refractivity contribution in [2.45, 2.75) is 39.9 Å². The normalized spacial score (nSPS) is 12.2. The molecule has 0 spiro atoms. The van der Waals surface area contributed by atoms with Gasteiger partial charge in [-0.15, -0.1) is 0 Å². The van der Waals surface area contributed by atoms with Crippen molar-refractivity contribution in [2.75, 3.05) is 13.2 Å². The van der Waals surface area contributed by atoms with Crippen molar-refractivity contribution in [1.29, 1.82) is 0 Å². The second-order valence-corrected chi connectivity index (χ2v) is 2.59. The average Bonchev–Trinajstić information content (AvgIpc) is 2.05. The molecule has 0 aliphatic heterocycles. The van der Waals surface area contributed by atoms with E-state index < -0.39 is 12.4 Å². The number of carbonyl (C=O) groups excluding carboxylic acids is 1. The monoisotopic (exact) mass is 190 g/mol. The molecule has 0 saturated heterocycles. The van der Waals surface area contributed by atoms with Gasteiger partial charge in [-0.05, 0) is 20.3 Å². The summed E-state index contributed by atoms with van der Waals surface area (Å²) < 4.78 is 14.5. The van der Waals surface area contributed by atoms with Crippen molar-refractivity contribution < 1.29 is 19.0 Å². The summed E-state index contributed by atoms with van der Waals surface area (Å²) in [6.07, 6.45) is 0.667. The van der Waals surface area contributed by atoms with Gasteiger partial charge in [0.2, 0.25) is 6.29 Å². The SMILES string of the molecule is CCCCOC(=O)OC(C)OCC. The van der Waals surface area contributed by atoms with Crippen molar-refractivity contribution in [1.82, 2.24) is 0 Å². The Bertz CT molecular complexity index is 136. The van der Waals surface area contributed by atoms with Crippen molar-refractivity contribution >= 4 is 6.16 Å². The smallest absolute Gasteiger partial charge is 0.434 e. The fraction of sp³-hybridized carbons (Fsp3) is 0.889. The Balaban J connectivity index is 3.38. The van der Waals surface area contributed by atoms with Crippen LogP contribution in [0.25, 0.3) is 0 Å². The third kappa shape index (κ3) is 7.59. The van der Waals surface area contributed by atoms with Gasteiger partial charge in [-0.3, -0.25) is 0 Å². The van der Waals surface area contributed by atoms with Crippen molar-refractivity contribution in [3.05, 3.63) is 0 Å². The Kier molecular flexibility index (Phi) is 7.39. The molecule has 4 nitrogen and oxygen atoms in total. The first-order valence-corrected chi connectivity index (χ1v) is 4.65. The summed E-state index contributed by atoms with van der Waals surface area (Å²) >= 11 is 0. The van der Waals surface area contributed by atoms with E-state index in [-0.39, 0.29) is 0 Å². The molecule has 0 amide bonds. The van der Waals surface area contributed by atoms with Crippen LogP contribution in [-0.4, -0.2) is 25.7 Å². The van der Waals surface area contributed by atoms with Crippen molar-refractivity contribution in [2.24, 2.45) is 0 Å². The summed E-state index contributed by atoms with van der Waals surface area (Å²) in [6.45, 7) is 6.45. The third-order valence-corrected chi connectivity index (χ3v) is 1.38. The van der Waals surface area contributed by atoms with Gasteiger partial charge < -0.3 is 14.2 Å². The van der Waals surface area contributed by atoms with Crippen LogP contribution >= 0.6 is 0 Å². The molecule has 0 aromatic rings. The van der Waals surface area contributed by atoms with Crippen LogP contribution in [0.1, 0.15) is 33.6 Å². The largest absolute Gasteiger partial charge is 0.510 e. The standard InChI is InChI=1S/C9H18O4/c1-4-6-7-12-9(10)13-8(3)11-5-2/h8H,4-7H2,1-3H3. The van der Waals surface area contributed by atoms with Crippen LogP contribution in [0.15, 0.2) is 0 Å². The Morgan fingerprint density at radius 2 is 2.08 bits per heavy atom.